The number of halogens is 2. The van der Waals surface area contributed by atoms with E-state index in [1.54, 1.807) is 6.07 Å². The van der Waals surface area contributed by atoms with Crippen LogP contribution in [-0.4, -0.2) is 19.5 Å². The third-order valence-electron chi connectivity index (χ3n) is 2.52. The number of ether oxygens (including phenoxy) is 2. The molecule has 1 atom stereocenters. The fourth-order valence-corrected chi connectivity index (χ4v) is 2.13. The normalized spacial score (nSPS) is 18.9. The smallest absolute Gasteiger partial charge is 0.159 e. The molecule has 1 aromatic carbocycles. The molecule has 1 aliphatic heterocycles. The Morgan fingerprint density at radius 3 is 2.69 bits per heavy atom. The quantitative estimate of drug-likeness (QED) is 0.910. The van der Waals surface area contributed by atoms with E-state index in [1.807, 2.05) is 12.1 Å². The van der Waals surface area contributed by atoms with Crippen molar-refractivity contribution in [3.05, 3.63) is 33.8 Å². The van der Waals surface area contributed by atoms with Crippen LogP contribution in [0, 0.1) is 0 Å². The Bertz CT molecular complexity index is 367. The van der Waals surface area contributed by atoms with Crippen molar-refractivity contribution in [1.29, 1.82) is 0 Å². The van der Waals surface area contributed by atoms with Crippen LogP contribution in [0.3, 0.4) is 0 Å². The van der Waals surface area contributed by atoms with E-state index in [0.717, 1.165) is 5.56 Å². The van der Waals surface area contributed by atoms with Gasteiger partial charge in [-0.25, -0.2) is 0 Å². The first-order chi connectivity index (χ1) is 7.68. The fraction of sp³-hybridized carbons (Fsp3) is 0.455. The molecular formula is C11H13Cl2NO2. The lowest BCUT2D eigenvalue weighted by atomic mass is 10.0. The minimum Gasteiger partial charge on any atom is -0.350 e. The topological polar surface area (TPSA) is 44.5 Å². The van der Waals surface area contributed by atoms with Gasteiger partial charge in [-0.1, -0.05) is 35.3 Å². The van der Waals surface area contributed by atoms with E-state index in [9.17, 15) is 0 Å². The molecule has 0 saturated carbocycles. The molecule has 2 N–H and O–H groups in total. The van der Waals surface area contributed by atoms with Crippen molar-refractivity contribution in [3.8, 4) is 0 Å². The van der Waals surface area contributed by atoms with Crippen LogP contribution < -0.4 is 5.73 Å². The van der Waals surface area contributed by atoms with Crippen molar-refractivity contribution in [2.24, 2.45) is 5.73 Å². The first-order valence-electron chi connectivity index (χ1n) is 5.11. The molecule has 1 aromatic rings. The van der Waals surface area contributed by atoms with Crippen molar-refractivity contribution in [3.63, 3.8) is 0 Å². The second-order valence-corrected chi connectivity index (χ2v) is 4.44. The van der Waals surface area contributed by atoms with Gasteiger partial charge in [-0.15, -0.1) is 0 Å². The molecule has 3 nitrogen and oxygen atoms in total. The highest BCUT2D eigenvalue weighted by Crippen LogP contribution is 2.31. The molecule has 0 radical (unpaired) electrons. The molecule has 2 rings (SSSR count). The van der Waals surface area contributed by atoms with E-state index in [4.69, 9.17) is 38.4 Å². The summed E-state index contributed by atoms with van der Waals surface area (Å²) >= 11 is 12.0. The van der Waals surface area contributed by atoms with Crippen LogP contribution in [0.25, 0.3) is 0 Å². The van der Waals surface area contributed by atoms with Crippen LogP contribution in [0.1, 0.15) is 18.0 Å². The monoisotopic (exact) mass is 261 g/mol. The summed E-state index contributed by atoms with van der Waals surface area (Å²) in [6.07, 6.45) is 0.352. The van der Waals surface area contributed by atoms with Gasteiger partial charge < -0.3 is 15.2 Å². The Morgan fingerprint density at radius 2 is 2.00 bits per heavy atom. The number of nitrogens with two attached hydrogens (primary N) is 1. The zero-order valence-electron chi connectivity index (χ0n) is 8.66. The van der Waals surface area contributed by atoms with Gasteiger partial charge in [-0.05, 0) is 11.6 Å². The molecule has 5 heteroatoms. The van der Waals surface area contributed by atoms with Gasteiger partial charge in [0.1, 0.15) is 0 Å². The Kier molecular flexibility index (Phi) is 4.05. The molecule has 1 saturated heterocycles. The van der Waals surface area contributed by atoms with Crippen molar-refractivity contribution in [2.75, 3.05) is 13.2 Å². The fourth-order valence-electron chi connectivity index (χ4n) is 1.68. The Balaban J connectivity index is 2.07. The minimum absolute atomic E-state index is 0.228. The maximum Gasteiger partial charge on any atom is 0.159 e. The second kappa shape index (κ2) is 5.34. The Morgan fingerprint density at radius 1 is 1.31 bits per heavy atom. The van der Waals surface area contributed by atoms with Crippen molar-refractivity contribution in [2.45, 2.75) is 18.8 Å². The molecule has 1 heterocycles. The van der Waals surface area contributed by atoms with Crippen molar-refractivity contribution >= 4 is 23.2 Å². The lowest BCUT2D eigenvalue weighted by Crippen LogP contribution is -2.19. The van der Waals surface area contributed by atoms with Gasteiger partial charge >= 0.3 is 0 Å². The van der Waals surface area contributed by atoms with E-state index in [0.29, 0.717) is 29.7 Å². The molecule has 0 bridgehead atoms. The number of rotatable bonds is 3. The molecule has 88 valence electrons. The standard InChI is InChI=1S/C11H13Cl2NO2/c12-8-3-1-2-7(11(8)13)9(14)6-10-15-4-5-16-10/h1-3,9-10H,4-6,14H2. The lowest BCUT2D eigenvalue weighted by Gasteiger charge is -2.17. The van der Waals surface area contributed by atoms with Crippen LogP contribution in [0.2, 0.25) is 10.0 Å². The summed E-state index contributed by atoms with van der Waals surface area (Å²) in [6.45, 7) is 1.25. The molecule has 0 amide bonds. The summed E-state index contributed by atoms with van der Waals surface area (Å²) in [5, 5.41) is 1.03. The summed E-state index contributed by atoms with van der Waals surface area (Å²) in [7, 11) is 0. The summed E-state index contributed by atoms with van der Waals surface area (Å²) < 4.78 is 10.7. The largest absolute Gasteiger partial charge is 0.350 e. The molecule has 1 aliphatic rings. The molecule has 0 aliphatic carbocycles. The van der Waals surface area contributed by atoms with E-state index in [1.165, 1.54) is 0 Å². The van der Waals surface area contributed by atoms with Crippen LogP contribution in [0.15, 0.2) is 18.2 Å². The van der Waals surface area contributed by atoms with Crippen LogP contribution in [0.4, 0.5) is 0 Å². The molecule has 1 unspecified atom stereocenters. The molecular weight excluding hydrogens is 249 g/mol. The summed E-state index contributed by atoms with van der Waals surface area (Å²) in [5.74, 6) is 0. The summed E-state index contributed by atoms with van der Waals surface area (Å²) in [4.78, 5) is 0. The number of benzene rings is 1. The highest BCUT2D eigenvalue weighted by molar-refractivity contribution is 6.42. The third kappa shape index (κ3) is 2.67. The maximum atomic E-state index is 6.08. The van der Waals surface area contributed by atoms with Crippen LogP contribution in [-0.2, 0) is 9.47 Å². The predicted molar refractivity (Wildman–Crippen MR) is 63.7 cm³/mol. The Hall–Kier alpha value is -0.320. The van der Waals surface area contributed by atoms with Gasteiger partial charge in [0, 0.05) is 12.5 Å². The predicted octanol–water partition coefficient (Wildman–Crippen LogP) is 2.76. The van der Waals surface area contributed by atoms with Crippen molar-refractivity contribution < 1.29 is 9.47 Å². The zero-order valence-corrected chi connectivity index (χ0v) is 10.2. The van der Waals surface area contributed by atoms with Crippen LogP contribution in [0.5, 0.6) is 0 Å². The average Bonchev–Trinajstić information content (AvgIpc) is 2.74. The second-order valence-electron chi connectivity index (χ2n) is 3.66. The summed E-state index contributed by atoms with van der Waals surface area (Å²) in [5.41, 5.74) is 6.87. The average molecular weight is 262 g/mol. The minimum atomic E-state index is -0.231. The van der Waals surface area contributed by atoms with Gasteiger partial charge in [0.05, 0.1) is 23.3 Å². The van der Waals surface area contributed by atoms with E-state index in [2.05, 4.69) is 0 Å². The van der Waals surface area contributed by atoms with E-state index >= 15 is 0 Å². The van der Waals surface area contributed by atoms with E-state index < -0.39 is 0 Å². The van der Waals surface area contributed by atoms with Gasteiger partial charge in [-0.2, -0.15) is 0 Å². The van der Waals surface area contributed by atoms with E-state index in [-0.39, 0.29) is 12.3 Å². The molecule has 16 heavy (non-hydrogen) atoms. The zero-order chi connectivity index (χ0) is 11.5. The maximum absolute atomic E-state index is 6.08. The molecule has 0 spiro atoms. The Labute approximate surface area is 104 Å². The van der Waals surface area contributed by atoms with Gasteiger partial charge in [-0.3, -0.25) is 0 Å². The van der Waals surface area contributed by atoms with Gasteiger partial charge in [0.25, 0.3) is 0 Å². The van der Waals surface area contributed by atoms with Crippen molar-refractivity contribution in [1.82, 2.24) is 0 Å². The summed E-state index contributed by atoms with van der Waals surface area (Å²) in [6, 6.07) is 5.21. The highest BCUT2D eigenvalue weighted by Gasteiger charge is 2.21. The SMILES string of the molecule is NC(CC1OCCO1)c1cccc(Cl)c1Cl. The number of hydrogen-bond donors (Lipinski definition) is 1. The van der Waals surface area contributed by atoms with Gasteiger partial charge in [0.2, 0.25) is 0 Å². The molecule has 0 aromatic heterocycles. The lowest BCUT2D eigenvalue weighted by molar-refractivity contribution is -0.0507. The first-order valence-corrected chi connectivity index (χ1v) is 5.87. The molecule has 1 fully saturated rings. The van der Waals surface area contributed by atoms with Gasteiger partial charge in [0.15, 0.2) is 6.29 Å². The van der Waals surface area contributed by atoms with Crippen LogP contribution >= 0.6 is 23.2 Å². The highest BCUT2D eigenvalue weighted by atomic mass is 35.5. The third-order valence-corrected chi connectivity index (χ3v) is 3.35. The number of hydrogen-bond acceptors (Lipinski definition) is 3. The first kappa shape index (κ1) is 12.1.